The second kappa shape index (κ2) is 5.32. The topological polar surface area (TPSA) is 88.3 Å². The second-order valence-corrected chi connectivity index (χ2v) is 7.53. The van der Waals surface area contributed by atoms with Gasteiger partial charge in [0.1, 0.15) is 6.54 Å². The Morgan fingerprint density at radius 1 is 1.22 bits per heavy atom. The van der Waals surface area contributed by atoms with Gasteiger partial charge in [0.15, 0.2) is 5.69 Å². The first-order chi connectivity index (χ1) is 11.0. The maximum absolute atomic E-state index is 12.6. The molecule has 4 aliphatic rings. The third kappa shape index (κ3) is 2.52. The first-order valence-corrected chi connectivity index (χ1v) is 8.40. The molecule has 0 saturated heterocycles. The van der Waals surface area contributed by atoms with Crippen LogP contribution in [0.15, 0.2) is 6.20 Å². The molecule has 5 rings (SSSR count). The zero-order valence-corrected chi connectivity index (χ0v) is 13.3. The van der Waals surface area contributed by atoms with Crippen molar-refractivity contribution in [2.24, 2.45) is 23.7 Å². The van der Waals surface area contributed by atoms with Crippen LogP contribution in [0.1, 0.15) is 42.6 Å². The Kier molecular flexibility index (Phi) is 3.39. The molecule has 0 aliphatic heterocycles. The van der Waals surface area contributed by atoms with E-state index in [2.05, 4.69) is 10.3 Å². The summed E-state index contributed by atoms with van der Waals surface area (Å²) in [6.07, 6.45) is 7.77. The SMILES string of the molecule is CN(C(=O)Cn1cc(C(=O)O)nn1)C1C2CC3CC(C2)CC1C3. The highest BCUT2D eigenvalue weighted by molar-refractivity contribution is 5.84. The molecule has 1 aromatic heterocycles. The van der Waals surface area contributed by atoms with E-state index in [0.717, 1.165) is 11.8 Å². The van der Waals surface area contributed by atoms with E-state index in [4.69, 9.17) is 5.11 Å². The summed E-state index contributed by atoms with van der Waals surface area (Å²) in [6.45, 7) is 0.0551. The Labute approximate surface area is 134 Å². The lowest BCUT2D eigenvalue weighted by molar-refractivity contribution is -0.142. The standard InChI is InChI=1S/C16H22N4O3/c1-19(14(21)8-20-7-13(16(22)23)17-18-20)15-11-3-9-2-10(5-11)6-12(15)4-9/h7,9-12,15H,2-6,8H2,1H3,(H,22,23). The van der Waals surface area contributed by atoms with E-state index in [1.807, 2.05) is 11.9 Å². The van der Waals surface area contributed by atoms with Gasteiger partial charge in [-0.15, -0.1) is 5.10 Å². The molecule has 0 unspecified atom stereocenters. The van der Waals surface area contributed by atoms with Gasteiger partial charge < -0.3 is 10.0 Å². The van der Waals surface area contributed by atoms with E-state index < -0.39 is 5.97 Å². The molecule has 4 bridgehead atoms. The van der Waals surface area contributed by atoms with E-state index in [-0.39, 0.29) is 18.1 Å². The summed E-state index contributed by atoms with van der Waals surface area (Å²) in [7, 11) is 1.89. The molecule has 7 heteroatoms. The van der Waals surface area contributed by atoms with Crippen LogP contribution < -0.4 is 0 Å². The van der Waals surface area contributed by atoms with Crippen LogP contribution in [0.4, 0.5) is 0 Å². The second-order valence-electron chi connectivity index (χ2n) is 7.53. The third-order valence-electron chi connectivity index (χ3n) is 6.07. The normalized spacial score (nSPS) is 34.6. The molecule has 0 spiro atoms. The van der Waals surface area contributed by atoms with Gasteiger partial charge in [-0.1, -0.05) is 5.21 Å². The minimum Gasteiger partial charge on any atom is -0.476 e. The van der Waals surface area contributed by atoms with Gasteiger partial charge in [-0.25, -0.2) is 9.48 Å². The summed E-state index contributed by atoms with van der Waals surface area (Å²) >= 11 is 0. The van der Waals surface area contributed by atoms with Crippen molar-refractivity contribution < 1.29 is 14.7 Å². The predicted molar refractivity (Wildman–Crippen MR) is 80.6 cm³/mol. The Balaban J connectivity index is 1.44. The van der Waals surface area contributed by atoms with E-state index in [0.29, 0.717) is 17.9 Å². The van der Waals surface area contributed by atoms with Crippen LogP contribution in [-0.4, -0.2) is 50.0 Å². The van der Waals surface area contributed by atoms with Crippen LogP contribution in [0.3, 0.4) is 0 Å². The lowest BCUT2D eigenvalue weighted by Crippen LogP contribution is -2.56. The van der Waals surface area contributed by atoms with Gasteiger partial charge >= 0.3 is 5.97 Å². The quantitative estimate of drug-likeness (QED) is 0.903. The molecule has 4 fully saturated rings. The van der Waals surface area contributed by atoms with Crippen molar-refractivity contribution in [3.8, 4) is 0 Å². The third-order valence-corrected chi connectivity index (χ3v) is 6.07. The summed E-state index contributed by atoms with van der Waals surface area (Å²) in [4.78, 5) is 25.3. The van der Waals surface area contributed by atoms with Crippen LogP contribution in [0, 0.1) is 23.7 Å². The van der Waals surface area contributed by atoms with Gasteiger partial charge in [0, 0.05) is 13.1 Å². The molecule has 7 nitrogen and oxygen atoms in total. The molecule has 1 aromatic rings. The van der Waals surface area contributed by atoms with Gasteiger partial charge in [0.25, 0.3) is 0 Å². The molecule has 0 atom stereocenters. The van der Waals surface area contributed by atoms with Crippen molar-refractivity contribution >= 4 is 11.9 Å². The van der Waals surface area contributed by atoms with Gasteiger partial charge in [-0.05, 0) is 55.8 Å². The molecule has 1 amide bonds. The largest absolute Gasteiger partial charge is 0.476 e. The molecular formula is C16H22N4O3. The molecule has 1 N–H and O–H groups in total. The number of nitrogens with zero attached hydrogens (tertiary/aromatic N) is 4. The van der Waals surface area contributed by atoms with Crippen molar-refractivity contribution in [2.75, 3.05) is 7.05 Å². The minimum atomic E-state index is -1.13. The van der Waals surface area contributed by atoms with E-state index >= 15 is 0 Å². The maximum atomic E-state index is 12.6. The Hall–Kier alpha value is -1.92. The molecule has 124 valence electrons. The Bertz CT molecular complexity index is 613. The van der Waals surface area contributed by atoms with Crippen molar-refractivity contribution in [3.63, 3.8) is 0 Å². The number of hydrogen-bond donors (Lipinski definition) is 1. The van der Waals surface area contributed by atoms with Gasteiger partial charge in [-0.2, -0.15) is 0 Å². The summed E-state index contributed by atoms with van der Waals surface area (Å²) in [5, 5.41) is 16.2. The highest BCUT2D eigenvalue weighted by Crippen LogP contribution is 2.54. The van der Waals surface area contributed by atoms with Crippen LogP contribution in [0.2, 0.25) is 0 Å². The van der Waals surface area contributed by atoms with Crippen LogP contribution in [0.25, 0.3) is 0 Å². The number of carboxylic acids is 1. The van der Waals surface area contributed by atoms with Crippen molar-refractivity contribution in [2.45, 2.75) is 44.7 Å². The number of rotatable bonds is 4. The first kappa shape index (κ1) is 14.7. The molecular weight excluding hydrogens is 296 g/mol. The lowest BCUT2D eigenvalue weighted by Gasteiger charge is -2.56. The highest BCUT2D eigenvalue weighted by atomic mass is 16.4. The Morgan fingerprint density at radius 3 is 2.35 bits per heavy atom. The number of carbonyl (C=O) groups is 2. The summed E-state index contributed by atoms with van der Waals surface area (Å²) < 4.78 is 1.32. The van der Waals surface area contributed by atoms with Crippen LogP contribution in [-0.2, 0) is 11.3 Å². The van der Waals surface area contributed by atoms with Crippen LogP contribution >= 0.6 is 0 Å². The van der Waals surface area contributed by atoms with Crippen molar-refractivity contribution in [1.29, 1.82) is 0 Å². The number of aromatic carboxylic acids is 1. The summed E-state index contributed by atoms with van der Waals surface area (Å²) in [5.74, 6) is 1.91. The molecule has 4 aliphatic carbocycles. The Morgan fingerprint density at radius 2 is 1.83 bits per heavy atom. The average Bonchev–Trinajstić information content (AvgIpc) is 2.94. The number of amides is 1. The predicted octanol–water partition coefficient (Wildman–Crippen LogP) is 1.26. The maximum Gasteiger partial charge on any atom is 0.358 e. The zero-order valence-electron chi connectivity index (χ0n) is 13.3. The molecule has 1 heterocycles. The van der Waals surface area contributed by atoms with Crippen LogP contribution in [0.5, 0.6) is 0 Å². The van der Waals surface area contributed by atoms with E-state index in [9.17, 15) is 9.59 Å². The zero-order chi connectivity index (χ0) is 16.1. The molecule has 23 heavy (non-hydrogen) atoms. The fourth-order valence-electron chi connectivity index (χ4n) is 5.42. The molecule has 4 saturated carbocycles. The average molecular weight is 318 g/mol. The fraction of sp³-hybridized carbons (Fsp3) is 0.750. The first-order valence-electron chi connectivity index (χ1n) is 8.40. The monoisotopic (exact) mass is 318 g/mol. The number of aromatic nitrogens is 3. The van der Waals surface area contributed by atoms with Gasteiger partial charge in [0.2, 0.25) is 5.91 Å². The van der Waals surface area contributed by atoms with Crippen molar-refractivity contribution in [1.82, 2.24) is 19.9 Å². The number of carbonyl (C=O) groups excluding carboxylic acids is 1. The summed E-state index contributed by atoms with van der Waals surface area (Å²) in [6, 6.07) is 0.345. The molecule has 0 radical (unpaired) electrons. The molecule has 0 aromatic carbocycles. The fourth-order valence-corrected chi connectivity index (χ4v) is 5.42. The highest BCUT2D eigenvalue weighted by Gasteiger charge is 2.50. The van der Waals surface area contributed by atoms with Crippen molar-refractivity contribution in [3.05, 3.63) is 11.9 Å². The van der Waals surface area contributed by atoms with E-state index in [1.54, 1.807) is 0 Å². The smallest absolute Gasteiger partial charge is 0.358 e. The lowest BCUT2D eigenvalue weighted by atomic mass is 9.54. The summed E-state index contributed by atoms with van der Waals surface area (Å²) in [5.41, 5.74) is -0.130. The minimum absolute atomic E-state index is 0.00990. The number of carboxylic acid groups (broad SMARTS) is 1. The van der Waals surface area contributed by atoms with Gasteiger partial charge in [-0.3, -0.25) is 4.79 Å². The number of likely N-dealkylation sites (N-methyl/N-ethyl adjacent to an activating group) is 1. The van der Waals surface area contributed by atoms with E-state index in [1.165, 1.54) is 43.0 Å². The number of hydrogen-bond acceptors (Lipinski definition) is 4. The van der Waals surface area contributed by atoms with Gasteiger partial charge in [0.05, 0.1) is 6.20 Å².